The summed E-state index contributed by atoms with van der Waals surface area (Å²) in [5.74, 6) is 0. The van der Waals surface area contributed by atoms with E-state index < -0.39 is 8.07 Å². The number of rotatable bonds is 4. The van der Waals surface area contributed by atoms with Gasteiger partial charge >= 0.3 is 0 Å². The van der Waals surface area contributed by atoms with Gasteiger partial charge in [-0.1, -0.05) is 93.9 Å². The van der Waals surface area contributed by atoms with Crippen LogP contribution in [0, 0.1) is 20.8 Å². The number of benzene rings is 2. The zero-order valence-corrected chi connectivity index (χ0v) is 22.0. The lowest BCUT2D eigenvalue weighted by Crippen LogP contribution is -2.41. The SMILES string of the molecule is CC1=C(C)C(C)(c2ccc(C)cc2C)C([Si]c2cc(C)cc([Si](C)(C)C)c2)=C1C. The first-order valence-electron chi connectivity index (χ1n) is 10.7. The summed E-state index contributed by atoms with van der Waals surface area (Å²) in [6, 6.07) is 14.3. The predicted molar refractivity (Wildman–Crippen MR) is 134 cm³/mol. The topological polar surface area (TPSA) is 0 Å². The largest absolute Gasteiger partial charge is 0.117 e. The maximum Gasteiger partial charge on any atom is 0.117 e. The van der Waals surface area contributed by atoms with Crippen LogP contribution in [0.3, 0.4) is 0 Å². The van der Waals surface area contributed by atoms with Crippen molar-refractivity contribution >= 4 is 28.0 Å². The highest BCUT2D eigenvalue weighted by molar-refractivity contribution is 6.89. The zero-order chi connectivity index (χ0) is 21.7. The lowest BCUT2D eigenvalue weighted by molar-refractivity contribution is 0.690. The molecule has 0 fully saturated rings. The molecular weight excluding hydrogens is 380 g/mol. The lowest BCUT2D eigenvalue weighted by Gasteiger charge is -2.33. The van der Waals surface area contributed by atoms with Crippen LogP contribution in [0.5, 0.6) is 0 Å². The Bertz CT molecular complexity index is 1030. The molecule has 1 aliphatic rings. The molecule has 0 spiro atoms. The molecule has 0 nitrogen and oxygen atoms in total. The van der Waals surface area contributed by atoms with Crippen LogP contribution in [0.4, 0.5) is 0 Å². The van der Waals surface area contributed by atoms with Gasteiger partial charge in [-0.2, -0.15) is 0 Å². The van der Waals surface area contributed by atoms with Gasteiger partial charge in [0, 0.05) is 5.41 Å². The van der Waals surface area contributed by atoms with Gasteiger partial charge in [0.05, 0.1) is 8.07 Å². The van der Waals surface area contributed by atoms with Crippen LogP contribution in [-0.4, -0.2) is 17.6 Å². The van der Waals surface area contributed by atoms with Crippen molar-refractivity contribution in [2.24, 2.45) is 0 Å². The van der Waals surface area contributed by atoms with Crippen LogP contribution in [-0.2, 0) is 5.41 Å². The molecule has 3 rings (SSSR count). The maximum absolute atomic E-state index is 2.50. The fraction of sp³-hybridized carbons (Fsp3) is 0.407. The quantitative estimate of drug-likeness (QED) is 0.531. The summed E-state index contributed by atoms with van der Waals surface area (Å²) < 4.78 is 0. The highest BCUT2D eigenvalue weighted by atomic mass is 28.3. The van der Waals surface area contributed by atoms with Crippen LogP contribution < -0.4 is 10.4 Å². The van der Waals surface area contributed by atoms with Gasteiger partial charge < -0.3 is 0 Å². The van der Waals surface area contributed by atoms with Gasteiger partial charge in [-0.15, -0.1) is 0 Å². The van der Waals surface area contributed by atoms with Crippen LogP contribution >= 0.6 is 0 Å². The van der Waals surface area contributed by atoms with Crippen LogP contribution in [0.2, 0.25) is 19.6 Å². The molecule has 1 aliphatic carbocycles. The van der Waals surface area contributed by atoms with E-state index in [0.717, 1.165) is 0 Å². The summed E-state index contributed by atoms with van der Waals surface area (Å²) in [6.45, 7) is 23.5. The summed E-state index contributed by atoms with van der Waals surface area (Å²) in [7, 11) is -0.620. The maximum atomic E-state index is 2.50. The normalized spacial score (nSPS) is 20.1. The fourth-order valence-electron chi connectivity index (χ4n) is 4.77. The second-order valence-electron chi connectivity index (χ2n) is 10.2. The Morgan fingerprint density at radius 1 is 0.759 bits per heavy atom. The number of hydrogen-bond acceptors (Lipinski definition) is 0. The highest BCUT2D eigenvalue weighted by Gasteiger charge is 2.41. The number of aryl methyl sites for hydroxylation is 3. The second-order valence-corrected chi connectivity index (χ2v) is 16.6. The molecule has 0 amide bonds. The summed E-state index contributed by atoms with van der Waals surface area (Å²) in [4.78, 5) is 0. The molecule has 0 saturated carbocycles. The van der Waals surface area contributed by atoms with Gasteiger partial charge in [0.1, 0.15) is 9.52 Å². The van der Waals surface area contributed by atoms with E-state index in [-0.39, 0.29) is 5.41 Å². The Morgan fingerprint density at radius 2 is 1.41 bits per heavy atom. The smallest absolute Gasteiger partial charge is 0.0656 e. The first-order chi connectivity index (χ1) is 13.4. The van der Waals surface area contributed by atoms with Gasteiger partial charge in [0.15, 0.2) is 0 Å². The van der Waals surface area contributed by atoms with Crippen molar-refractivity contribution < 1.29 is 0 Å². The molecule has 0 bridgehead atoms. The minimum atomic E-state index is -1.33. The van der Waals surface area contributed by atoms with Crippen molar-refractivity contribution in [1.82, 2.24) is 0 Å². The molecular formula is C27H36Si2. The third-order valence-corrected chi connectivity index (χ3v) is 10.6. The number of allylic oxidation sites excluding steroid dienone is 4. The second kappa shape index (κ2) is 7.55. The molecule has 0 saturated heterocycles. The zero-order valence-electron chi connectivity index (χ0n) is 20.0. The van der Waals surface area contributed by atoms with Gasteiger partial charge in [0.25, 0.3) is 0 Å². The molecule has 0 aliphatic heterocycles. The Hall–Kier alpha value is -1.65. The Labute approximate surface area is 182 Å². The van der Waals surface area contributed by atoms with E-state index in [4.69, 9.17) is 0 Å². The summed E-state index contributed by atoms with van der Waals surface area (Å²) in [5.41, 5.74) is 10.1. The van der Waals surface area contributed by atoms with Gasteiger partial charge in [-0.05, 0) is 65.2 Å². The van der Waals surface area contributed by atoms with Crippen LogP contribution in [0.1, 0.15) is 49.9 Å². The van der Waals surface area contributed by atoms with Crippen LogP contribution in [0.25, 0.3) is 0 Å². The third-order valence-electron chi connectivity index (χ3n) is 6.88. The van der Waals surface area contributed by atoms with Crippen molar-refractivity contribution in [3.63, 3.8) is 0 Å². The Morgan fingerprint density at radius 3 is 2.00 bits per heavy atom. The molecule has 1 atom stereocenters. The van der Waals surface area contributed by atoms with E-state index in [2.05, 4.69) is 105 Å². The number of hydrogen-bond donors (Lipinski definition) is 0. The summed E-state index contributed by atoms with van der Waals surface area (Å²) in [5, 5.41) is 4.67. The molecule has 2 heteroatoms. The van der Waals surface area contributed by atoms with E-state index in [1.165, 1.54) is 44.2 Å². The highest BCUT2D eigenvalue weighted by Crippen LogP contribution is 2.49. The molecule has 2 aromatic carbocycles. The average molecular weight is 417 g/mol. The van der Waals surface area contributed by atoms with Crippen molar-refractivity contribution in [1.29, 1.82) is 0 Å². The Kier molecular flexibility index (Phi) is 5.74. The van der Waals surface area contributed by atoms with Crippen molar-refractivity contribution in [2.45, 2.75) is 73.5 Å². The van der Waals surface area contributed by atoms with Crippen molar-refractivity contribution in [3.05, 3.63) is 80.6 Å². The Balaban J connectivity index is 2.14. The fourth-order valence-corrected chi connectivity index (χ4v) is 7.93. The third kappa shape index (κ3) is 3.89. The summed E-state index contributed by atoms with van der Waals surface area (Å²) >= 11 is 0. The first kappa shape index (κ1) is 22.0. The minimum absolute atomic E-state index is 0.00648. The molecule has 2 aromatic rings. The molecule has 0 N–H and O–H groups in total. The van der Waals surface area contributed by atoms with E-state index in [1.54, 1.807) is 10.4 Å². The van der Waals surface area contributed by atoms with Crippen LogP contribution in [0.15, 0.2) is 58.3 Å². The van der Waals surface area contributed by atoms with E-state index >= 15 is 0 Å². The molecule has 29 heavy (non-hydrogen) atoms. The summed E-state index contributed by atoms with van der Waals surface area (Å²) in [6.07, 6.45) is 0. The predicted octanol–water partition coefficient (Wildman–Crippen LogP) is 6.07. The van der Waals surface area contributed by atoms with Gasteiger partial charge in [-0.25, -0.2) is 0 Å². The monoisotopic (exact) mass is 416 g/mol. The van der Waals surface area contributed by atoms with Crippen molar-refractivity contribution in [3.8, 4) is 0 Å². The molecule has 1 unspecified atom stereocenters. The van der Waals surface area contributed by atoms with Crippen molar-refractivity contribution in [2.75, 3.05) is 0 Å². The average Bonchev–Trinajstić information content (AvgIpc) is 2.76. The van der Waals surface area contributed by atoms with E-state index in [0.29, 0.717) is 9.52 Å². The standard InChI is InChI=1S/C27H36Si2/c1-17-11-12-25(19(3)13-17)27(7)22(6)20(4)21(5)26(27)28-23-14-18(2)15-24(16-23)29(8,9)10/h11-16H,1-10H3. The molecule has 2 radical (unpaired) electrons. The molecule has 152 valence electrons. The molecule has 0 heterocycles. The molecule has 0 aromatic heterocycles. The van der Waals surface area contributed by atoms with E-state index in [9.17, 15) is 0 Å². The minimum Gasteiger partial charge on any atom is -0.0656 e. The van der Waals surface area contributed by atoms with Gasteiger partial charge in [-0.3, -0.25) is 0 Å². The lowest BCUT2D eigenvalue weighted by atomic mass is 9.75. The first-order valence-corrected chi connectivity index (χ1v) is 15.2. The van der Waals surface area contributed by atoms with Gasteiger partial charge in [0.2, 0.25) is 0 Å². The van der Waals surface area contributed by atoms with E-state index in [1.807, 2.05) is 0 Å².